The van der Waals surface area contributed by atoms with Gasteiger partial charge < -0.3 is 15.3 Å². The van der Waals surface area contributed by atoms with Crippen LogP contribution in [0.4, 0.5) is 9.18 Å². The van der Waals surface area contributed by atoms with Crippen LogP contribution in [0.5, 0.6) is 0 Å². The Hall–Kier alpha value is -1.63. The summed E-state index contributed by atoms with van der Waals surface area (Å²) >= 11 is 3.21. The topological polar surface area (TPSA) is 69.6 Å². The molecule has 1 aliphatic rings. The number of nitrogens with zero attached hydrogens (tertiary/aromatic N) is 1. The number of nitrogens with one attached hydrogen (secondary N) is 1. The zero-order chi connectivity index (χ0) is 16.5. The standard InChI is InChI=1S/C15H18BrFN2O3/c1-15(2,18-14(21)22)8-19-12(5-6-13(19)20)10-4-3-9(16)7-11(10)17/h3-4,7,12,18H,5-6,8H2,1-2H3,(H,21,22). The first-order valence-corrected chi connectivity index (χ1v) is 7.74. The van der Waals surface area contributed by atoms with E-state index in [1.165, 1.54) is 6.07 Å². The SMILES string of the molecule is CC(C)(CN1C(=O)CCC1c1ccc(Br)cc1F)NC(=O)O. The van der Waals surface area contributed by atoms with E-state index in [2.05, 4.69) is 21.2 Å². The lowest BCUT2D eigenvalue weighted by atomic mass is 10.0. The number of carbonyl (C=O) groups is 2. The summed E-state index contributed by atoms with van der Waals surface area (Å²) < 4.78 is 14.8. The van der Waals surface area contributed by atoms with Gasteiger partial charge in [0.2, 0.25) is 5.91 Å². The van der Waals surface area contributed by atoms with Crippen molar-refractivity contribution in [3.63, 3.8) is 0 Å². The van der Waals surface area contributed by atoms with Crippen LogP contribution in [0, 0.1) is 5.82 Å². The van der Waals surface area contributed by atoms with Gasteiger partial charge in [0.05, 0.1) is 11.6 Å². The first kappa shape index (κ1) is 16.7. The lowest BCUT2D eigenvalue weighted by Gasteiger charge is -2.34. The van der Waals surface area contributed by atoms with Crippen LogP contribution < -0.4 is 5.32 Å². The Morgan fingerprint density at radius 2 is 2.23 bits per heavy atom. The first-order valence-electron chi connectivity index (χ1n) is 6.95. The Labute approximate surface area is 136 Å². The van der Waals surface area contributed by atoms with Gasteiger partial charge in [0.1, 0.15) is 5.82 Å². The largest absolute Gasteiger partial charge is 0.465 e. The van der Waals surface area contributed by atoms with E-state index in [1.54, 1.807) is 30.9 Å². The van der Waals surface area contributed by atoms with E-state index in [4.69, 9.17) is 5.11 Å². The van der Waals surface area contributed by atoms with Crippen molar-refractivity contribution in [3.8, 4) is 0 Å². The van der Waals surface area contributed by atoms with Crippen LogP contribution in [0.1, 0.15) is 38.3 Å². The van der Waals surface area contributed by atoms with E-state index in [0.29, 0.717) is 22.9 Å². The van der Waals surface area contributed by atoms with Gasteiger partial charge in [-0.15, -0.1) is 0 Å². The molecule has 0 aliphatic carbocycles. The van der Waals surface area contributed by atoms with Crippen LogP contribution in [-0.2, 0) is 4.79 Å². The van der Waals surface area contributed by atoms with Gasteiger partial charge in [-0.1, -0.05) is 22.0 Å². The molecule has 0 aromatic heterocycles. The number of amides is 2. The number of likely N-dealkylation sites (tertiary alicyclic amines) is 1. The molecule has 120 valence electrons. The second kappa shape index (κ2) is 6.24. The molecule has 1 aliphatic heterocycles. The van der Waals surface area contributed by atoms with E-state index < -0.39 is 11.6 Å². The van der Waals surface area contributed by atoms with Gasteiger partial charge in [-0.3, -0.25) is 4.79 Å². The molecular formula is C15H18BrFN2O3. The fourth-order valence-electron chi connectivity index (χ4n) is 2.78. The highest BCUT2D eigenvalue weighted by Gasteiger charge is 2.37. The molecule has 0 spiro atoms. The highest BCUT2D eigenvalue weighted by Crippen LogP contribution is 2.35. The highest BCUT2D eigenvalue weighted by atomic mass is 79.9. The van der Waals surface area contributed by atoms with E-state index in [0.717, 1.165) is 0 Å². The van der Waals surface area contributed by atoms with Crippen LogP contribution in [0.3, 0.4) is 0 Å². The normalized spacial score (nSPS) is 18.6. The average molecular weight is 373 g/mol. The van der Waals surface area contributed by atoms with Gasteiger partial charge in [0.15, 0.2) is 0 Å². The Kier molecular flexibility index (Phi) is 4.75. The summed E-state index contributed by atoms with van der Waals surface area (Å²) in [6.45, 7) is 3.59. The molecule has 1 heterocycles. The van der Waals surface area contributed by atoms with Gasteiger partial charge in [0, 0.05) is 23.0 Å². The number of benzene rings is 1. The molecule has 1 fully saturated rings. The van der Waals surface area contributed by atoms with Crippen molar-refractivity contribution in [2.45, 2.75) is 38.3 Å². The predicted molar refractivity (Wildman–Crippen MR) is 83.0 cm³/mol. The van der Waals surface area contributed by atoms with E-state index in [9.17, 15) is 14.0 Å². The fourth-order valence-corrected chi connectivity index (χ4v) is 3.11. The summed E-state index contributed by atoms with van der Waals surface area (Å²) in [5.74, 6) is -0.462. The zero-order valence-electron chi connectivity index (χ0n) is 12.4. The molecule has 0 saturated carbocycles. The first-order chi connectivity index (χ1) is 10.2. The third-order valence-electron chi connectivity index (χ3n) is 3.66. The summed E-state index contributed by atoms with van der Waals surface area (Å²) in [6, 6.07) is 4.40. The van der Waals surface area contributed by atoms with Gasteiger partial charge in [-0.05, 0) is 32.4 Å². The molecule has 1 saturated heterocycles. The number of carbonyl (C=O) groups excluding carboxylic acids is 1. The smallest absolute Gasteiger partial charge is 0.405 e. The molecule has 7 heteroatoms. The number of hydrogen-bond donors (Lipinski definition) is 2. The lowest BCUT2D eigenvalue weighted by Crippen LogP contribution is -2.51. The summed E-state index contributed by atoms with van der Waals surface area (Å²) in [6.07, 6.45) is -0.285. The maximum Gasteiger partial charge on any atom is 0.405 e. The summed E-state index contributed by atoms with van der Waals surface area (Å²) in [5.41, 5.74) is -0.351. The Morgan fingerprint density at radius 3 is 2.82 bits per heavy atom. The van der Waals surface area contributed by atoms with Crippen LogP contribution in [0.15, 0.2) is 22.7 Å². The van der Waals surface area contributed by atoms with Gasteiger partial charge in [0.25, 0.3) is 0 Å². The number of rotatable bonds is 4. The molecule has 0 radical (unpaired) electrons. The molecule has 22 heavy (non-hydrogen) atoms. The van der Waals surface area contributed by atoms with Crippen molar-refractivity contribution < 1.29 is 19.1 Å². The minimum absolute atomic E-state index is 0.0902. The van der Waals surface area contributed by atoms with Crippen molar-refractivity contribution in [1.29, 1.82) is 0 Å². The third-order valence-corrected chi connectivity index (χ3v) is 4.15. The second-order valence-corrected chi connectivity index (χ2v) is 6.97. The predicted octanol–water partition coefficient (Wildman–Crippen LogP) is 3.30. The molecule has 1 unspecified atom stereocenters. The van der Waals surface area contributed by atoms with Crippen molar-refractivity contribution in [1.82, 2.24) is 10.2 Å². The quantitative estimate of drug-likeness (QED) is 0.851. The molecule has 2 N–H and O–H groups in total. The van der Waals surface area contributed by atoms with Crippen molar-refractivity contribution in [3.05, 3.63) is 34.1 Å². The molecule has 2 rings (SSSR count). The molecule has 5 nitrogen and oxygen atoms in total. The third kappa shape index (κ3) is 3.76. The van der Waals surface area contributed by atoms with E-state index in [1.807, 2.05) is 0 Å². The van der Waals surface area contributed by atoms with Crippen LogP contribution in [0.2, 0.25) is 0 Å². The maximum absolute atomic E-state index is 14.2. The minimum Gasteiger partial charge on any atom is -0.465 e. The molecule has 0 bridgehead atoms. The van der Waals surface area contributed by atoms with Gasteiger partial charge in [-0.2, -0.15) is 0 Å². The Morgan fingerprint density at radius 1 is 1.55 bits per heavy atom. The van der Waals surface area contributed by atoms with Gasteiger partial charge in [-0.25, -0.2) is 9.18 Å². The number of hydrogen-bond acceptors (Lipinski definition) is 2. The van der Waals surface area contributed by atoms with E-state index >= 15 is 0 Å². The summed E-state index contributed by atoms with van der Waals surface area (Å²) in [4.78, 5) is 24.5. The summed E-state index contributed by atoms with van der Waals surface area (Å²) in [5, 5.41) is 11.3. The molecule has 2 amide bonds. The zero-order valence-corrected chi connectivity index (χ0v) is 14.0. The number of carboxylic acid groups (broad SMARTS) is 1. The Balaban J connectivity index is 2.24. The molecule has 1 atom stereocenters. The maximum atomic E-state index is 14.2. The summed E-state index contributed by atoms with van der Waals surface area (Å²) in [7, 11) is 0. The highest BCUT2D eigenvalue weighted by molar-refractivity contribution is 9.10. The lowest BCUT2D eigenvalue weighted by molar-refractivity contribution is -0.129. The van der Waals surface area contributed by atoms with Crippen LogP contribution >= 0.6 is 15.9 Å². The fraction of sp³-hybridized carbons (Fsp3) is 0.467. The number of halogens is 2. The monoisotopic (exact) mass is 372 g/mol. The average Bonchev–Trinajstić information content (AvgIpc) is 2.69. The molecule has 1 aromatic carbocycles. The van der Waals surface area contributed by atoms with Crippen LogP contribution in [0.25, 0.3) is 0 Å². The molecular weight excluding hydrogens is 355 g/mol. The molecule has 1 aromatic rings. The Bertz CT molecular complexity index is 606. The second-order valence-electron chi connectivity index (χ2n) is 6.06. The van der Waals surface area contributed by atoms with Crippen molar-refractivity contribution >= 4 is 27.9 Å². The van der Waals surface area contributed by atoms with Crippen molar-refractivity contribution in [2.75, 3.05) is 6.54 Å². The van der Waals surface area contributed by atoms with Gasteiger partial charge >= 0.3 is 6.09 Å². The van der Waals surface area contributed by atoms with Crippen molar-refractivity contribution in [2.24, 2.45) is 0 Å². The van der Waals surface area contributed by atoms with E-state index in [-0.39, 0.29) is 24.3 Å². The van der Waals surface area contributed by atoms with Crippen LogP contribution in [-0.4, -0.2) is 34.1 Å². The minimum atomic E-state index is -1.15.